The van der Waals surface area contributed by atoms with Crippen molar-refractivity contribution in [1.29, 1.82) is 0 Å². The molecule has 2 aromatic heterocycles. The minimum Gasteiger partial charge on any atom is -0.273 e. The van der Waals surface area contributed by atoms with Gasteiger partial charge in [-0.15, -0.1) is 6.42 Å². The first-order valence-corrected chi connectivity index (χ1v) is 5.51. The average molecular weight is 313 g/mol. The molecule has 0 aliphatic heterocycles. The predicted octanol–water partition coefficient (Wildman–Crippen LogP) is 3.45. The molecule has 0 amide bonds. The normalized spacial score (nSPS) is 11.3. The fraction of sp³-hybridized carbons (Fsp3) is 0.0667. The number of rotatable bonds is 1. The van der Waals surface area contributed by atoms with Crippen molar-refractivity contribution in [3.63, 3.8) is 0 Å². The Morgan fingerprint density at radius 2 is 1.50 bits per heavy atom. The SMILES string of the molecule is [C-]1=CC=CC1.[Zr].c1ccc(-c2ccccn2)nc1. The summed E-state index contributed by atoms with van der Waals surface area (Å²) in [4.78, 5) is 8.37. The van der Waals surface area contributed by atoms with Crippen LogP contribution < -0.4 is 0 Å². The third kappa shape index (κ3) is 4.89. The quantitative estimate of drug-likeness (QED) is 0.754. The molecule has 1 aliphatic rings. The molecule has 3 heteroatoms. The van der Waals surface area contributed by atoms with Gasteiger partial charge >= 0.3 is 0 Å². The van der Waals surface area contributed by atoms with E-state index in [0.29, 0.717) is 0 Å². The summed E-state index contributed by atoms with van der Waals surface area (Å²) in [7, 11) is 0. The summed E-state index contributed by atoms with van der Waals surface area (Å²) in [6, 6.07) is 11.6. The van der Waals surface area contributed by atoms with Gasteiger partial charge in [0, 0.05) is 38.6 Å². The van der Waals surface area contributed by atoms with E-state index in [0.717, 1.165) is 17.8 Å². The first-order chi connectivity index (χ1) is 8.47. The molecule has 0 saturated heterocycles. The summed E-state index contributed by atoms with van der Waals surface area (Å²) in [5, 5.41) is 0. The zero-order valence-electron chi connectivity index (χ0n) is 9.95. The van der Waals surface area contributed by atoms with Gasteiger partial charge in [-0.25, -0.2) is 12.2 Å². The van der Waals surface area contributed by atoms with E-state index in [4.69, 9.17) is 0 Å². The Labute approximate surface area is 127 Å². The van der Waals surface area contributed by atoms with Gasteiger partial charge in [0.2, 0.25) is 0 Å². The van der Waals surface area contributed by atoms with Crippen LogP contribution in [0.5, 0.6) is 0 Å². The fourth-order valence-corrected chi connectivity index (χ4v) is 1.37. The van der Waals surface area contributed by atoms with E-state index in [1.807, 2.05) is 48.6 Å². The molecule has 2 heterocycles. The summed E-state index contributed by atoms with van der Waals surface area (Å²) in [6.45, 7) is 0. The summed E-state index contributed by atoms with van der Waals surface area (Å²) in [5.41, 5.74) is 1.83. The average Bonchev–Trinajstić information content (AvgIpc) is 3.00. The van der Waals surface area contributed by atoms with Gasteiger partial charge < -0.3 is 0 Å². The summed E-state index contributed by atoms with van der Waals surface area (Å²) >= 11 is 0. The zero-order valence-corrected chi connectivity index (χ0v) is 12.4. The molecule has 0 radical (unpaired) electrons. The van der Waals surface area contributed by atoms with Crippen molar-refractivity contribution in [3.8, 4) is 11.4 Å². The standard InChI is InChI=1S/C10H8N2.C5H5.Zr/c1-3-7-11-9(5-1)10-6-2-4-8-12-10;1-2-4-5-3-1;/h1-8H;1-3H,4H2;/q;-1;. The van der Waals surface area contributed by atoms with E-state index < -0.39 is 0 Å². The number of allylic oxidation sites excluding steroid dienone is 4. The molecule has 18 heavy (non-hydrogen) atoms. The van der Waals surface area contributed by atoms with Crippen LogP contribution in [0.3, 0.4) is 0 Å². The van der Waals surface area contributed by atoms with E-state index in [-0.39, 0.29) is 26.2 Å². The van der Waals surface area contributed by atoms with Gasteiger partial charge in [0.25, 0.3) is 0 Å². The van der Waals surface area contributed by atoms with Gasteiger partial charge in [0.05, 0.1) is 11.4 Å². The molecule has 1 aliphatic carbocycles. The number of aromatic nitrogens is 2. The smallest absolute Gasteiger partial charge is 0.0886 e. The monoisotopic (exact) mass is 311 g/mol. The van der Waals surface area contributed by atoms with Crippen molar-refractivity contribution < 1.29 is 26.2 Å². The molecular weight excluding hydrogens is 299 g/mol. The van der Waals surface area contributed by atoms with Crippen LogP contribution in [0.15, 0.2) is 67.0 Å². The van der Waals surface area contributed by atoms with Crippen LogP contribution in [-0.4, -0.2) is 9.97 Å². The van der Waals surface area contributed by atoms with Crippen molar-refractivity contribution in [2.45, 2.75) is 6.42 Å². The molecule has 3 rings (SSSR count). The molecule has 0 fully saturated rings. The van der Waals surface area contributed by atoms with Crippen LogP contribution in [-0.2, 0) is 26.2 Å². The van der Waals surface area contributed by atoms with Crippen LogP contribution in [0.2, 0.25) is 0 Å². The Kier molecular flexibility index (Phi) is 7.12. The number of hydrogen-bond acceptors (Lipinski definition) is 2. The first-order valence-electron chi connectivity index (χ1n) is 5.51. The molecule has 0 bridgehead atoms. The van der Waals surface area contributed by atoms with Crippen molar-refractivity contribution >= 4 is 0 Å². The van der Waals surface area contributed by atoms with Gasteiger partial charge in [-0.05, 0) is 24.3 Å². The van der Waals surface area contributed by atoms with Gasteiger partial charge in [-0.2, -0.15) is 6.08 Å². The Hall–Kier alpha value is -1.34. The summed E-state index contributed by atoms with van der Waals surface area (Å²) in [5.74, 6) is 0. The molecule has 0 saturated carbocycles. The van der Waals surface area contributed by atoms with E-state index >= 15 is 0 Å². The third-order valence-corrected chi connectivity index (χ3v) is 2.18. The fourth-order valence-electron chi connectivity index (χ4n) is 1.37. The maximum atomic E-state index is 4.19. The predicted molar refractivity (Wildman–Crippen MR) is 69.0 cm³/mol. The minimum absolute atomic E-state index is 0. The second-order valence-corrected chi connectivity index (χ2v) is 3.43. The van der Waals surface area contributed by atoms with Crippen LogP contribution in [0, 0.1) is 6.08 Å². The van der Waals surface area contributed by atoms with Crippen molar-refractivity contribution in [3.05, 3.63) is 73.1 Å². The Bertz CT molecular complexity index is 445. The van der Waals surface area contributed by atoms with Crippen molar-refractivity contribution in [1.82, 2.24) is 9.97 Å². The van der Waals surface area contributed by atoms with Crippen LogP contribution in [0.25, 0.3) is 11.4 Å². The topological polar surface area (TPSA) is 25.8 Å². The number of hydrogen-bond donors (Lipinski definition) is 0. The second kappa shape index (κ2) is 8.71. The van der Waals surface area contributed by atoms with E-state index in [2.05, 4.69) is 22.1 Å². The van der Waals surface area contributed by atoms with Crippen LogP contribution in [0.4, 0.5) is 0 Å². The summed E-state index contributed by atoms with van der Waals surface area (Å²) < 4.78 is 0. The molecule has 0 unspecified atom stereocenters. The molecule has 0 spiro atoms. The Balaban J connectivity index is 0.000000230. The van der Waals surface area contributed by atoms with Crippen LogP contribution >= 0.6 is 0 Å². The number of nitrogens with zero attached hydrogens (tertiary/aromatic N) is 2. The largest absolute Gasteiger partial charge is 0.273 e. The molecule has 2 aromatic rings. The maximum Gasteiger partial charge on any atom is 0.0886 e. The molecule has 0 N–H and O–H groups in total. The van der Waals surface area contributed by atoms with E-state index in [9.17, 15) is 0 Å². The van der Waals surface area contributed by atoms with Gasteiger partial charge in [-0.1, -0.05) is 12.1 Å². The molecular formula is C15H13N2Zr-. The number of pyridine rings is 2. The molecule has 2 nitrogen and oxygen atoms in total. The Morgan fingerprint density at radius 3 is 1.78 bits per heavy atom. The van der Waals surface area contributed by atoms with E-state index in [1.54, 1.807) is 12.4 Å². The summed E-state index contributed by atoms with van der Waals surface area (Å²) in [6.07, 6.45) is 13.5. The van der Waals surface area contributed by atoms with Crippen LogP contribution in [0.1, 0.15) is 6.42 Å². The molecule has 0 atom stereocenters. The van der Waals surface area contributed by atoms with Gasteiger partial charge in [0.1, 0.15) is 0 Å². The van der Waals surface area contributed by atoms with Gasteiger partial charge in [0.15, 0.2) is 0 Å². The molecule has 88 valence electrons. The minimum atomic E-state index is 0. The Morgan fingerprint density at radius 1 is 0.889 bits per heavy atom. The van der Waals surface area contributed by atoms with Crippen molar-refractivity contribution in [2.24, 2.45) is 0 Å². The maximum absolute atomic E-state index is 4.19. The third-order valence-electron chi connectivity index (χ3n) is 2.18. The molecule has 0 aromatic carbocycles. The second-order valence-electron chi connectivity index (χ2n) is 3.43. The zero-order chi connectivity index (χ0) is 11.8. The van der Waals surface area contributed by atoms with Gasteiger partial charge in [-0.3, -0.25) is 16.0 Å². The first kappa shape index (κ1) is 14.7. The van der Waals surface area contributed by atoms with Crippen molar-refractivity contribution in [2.75, 3.05) is 0 Å². The van der Waals surface area contributed by atoms with E-state index in [1.165, 1.54) is 0 Å².